The van der Waals surface area contributed by atoms with Crippen molar-refractivity contribution in [3.8, 4) is 11.5 Å². The number of hydrogen-bond acceptors (Lipinski definition) is 5. The molecule has 1 aromatic heterocycles. The summed E-state index contributed by atoms with van der Waals surface area (Å²) in [6.45, 7) is 8.99. The van der Waals surface area contributed by atoms with Crippen LogP contribution in [0.1, 0.15) is 69.2 Å². The Morgan fingerprint density at radius 1 is 1.00 bits per heavy atom. The number of nitrogens with zero attached hydrogens (tertiary/aromatic N) is 2. The van der Waals surface area contributed by atoms with Gasteiger partial charge in [-0.2, -0.15) is 0 Å². The summed E-state index contributed by atoms with van der Waals surface area (Å²) in [6.07, 6.45) is 3.72. The molecule has 2 aliphatic heterocycles. The number of benzene rings is 2. The molecule has 214 valence electrons. The fourth-order valence-corrected chi connectivity index (χ4v) is 6.09. The van der Waals surface area contributed by atoms with Crippen LogP contribution in [-0.2, 0) is 19.9 Å². The minimum atomic E-state index is -1.11. The zero-order chi connectivity index (χ0) is 28.3. The molecule has 2 aromatic carbocycles. The zero-order valence-electron chi connectivity index (χ0n) is 24.1. The van der Waals surface area contributed by atoms with Gasteiger partial charge in [-0.3, -0.25) is 9.59 Å². The molecule has 2 unspecified atom stereocenters. The lowest BCUT2D eigenvalue weighted by molar-refractivity contribution is -0.166. The molecule has 2 atom stereocenters. The molecule has 2 amide bonds. The molecule has 3 heterocycles. The first kappa shape index (κ1) is 28.0. The number of methoxy groups -OCH3 is 1. The highest BCUT2D eigenvalue weighted by atomic mass is 16.5. The first-order chi connectivity index (χ1) is 19.4. The van der Waals surface area contributed by atoms with Crippen LogP contribution in [0.3, 0.4) is 0 Å². The van der Waals surface area contributed by atoms with Crippen molar-refractivity contribution in [1.82, 2.24) is 14.8 Å². The van der Waals surface area contributed by atoms with Crippen LogP contribution in [0.4, 0.5) is 0 Å². The number of piperazine rings is 1. The third kappa shape index (κ3) is 4.94. The molecule has 1 N–H and O–H groups in total. The Morgan fingerprint density at radius 2 is 1.80 bits per heavy atom. The van der Waals surface area contributed by atoms with Crippen LogP contribution in [0.5, 0.6) is 11.5 Å². The van der Waals surface area contributed by atoms with Crippen molar-refractivity contribution in [2.75, 3.05) is 46.6 Å². The summed E-state index contributed by atoms with van der Waals surface area (Å²) in [5.74, 6) is 1.13. The van der Waals surface area contributed by atoms with E-state index in [9.17, 15) is 9.59 Å². The third-order valence-electron chi connectivity index (χ3n) is 8.23. The lowest BCUT2D eigenvalue weighted by Gasteiger charge is -2.51. The number of carbonyl (C=O) groups is 2. The molecule has 8 nitrogen and oxygen atoms in total. The Balaban J connectivity index is 1.52. The average molecular weight is 548 g/mol. The van der Waals surface area contributed by atoms with Gasteiger partial charge in [0.1, 0.15) is 0 Å². The number of H-pyrrole nitrogens is 1. The van der Waals surface area contributed by atoms with E-state index in [2.05, 4.69) is 24.9 Å². The quantitative estimate of drug-likeness (QED) is 0.315. The van der Waals surface area contributed by atoms with Crippen molar-refractivity contribution in [2.24, 2.45) is 0 Å². The number of carbonyl (C=O) groups excluding carboxylic acids is 2. The maximum Gasteiger partial charge on any atom is 0.254 e. The highest BCUT2D eigenvalue weighted by Crippen LogP contribution is 2.49. The molecule has 0 bridgehead atoms. The number of ether oxygens (including phenoxy) is 3. The standard InChI is InChI=1S/C32H41N3O5/c1-5-7-17-39-18-10-15-34-21-28(36)35-20-24(22-13-14-26(40-16-6-2)27(19-22)38-4)29-23-11-8-9-12-25(23)33-30(29)32(35,3)31(34)37/h8-9,11-14,19,24,33H,5-7,10,15-18,20-21H2,1-4H3. The van der Waals surface area contributed by atoms with E-state index < -0.39 is 5.54 Å². The van der Waals surface area contributed by atoms with Gasteiger partial charge in [0.05, 0.1) is 26.0 Å². The van der Waals surface area contributed by atoms with Gasteiger partial charge < -0.3 is 29.0 Å². The number of hydrogen-bond donors (Lipinski definition) is 1. The molecular formula is C32H41N3O5. The molecule has 5 rings (SSSR count). The largest absolute Gasteiger partial charge is 0.493 e. The van der Waals surface area contributed by atoms with E-state index in [1.165, 1.54) is 0 Å². The molecule has 1 saturated heterocycles. The molecule has 0 aliphatic carbocycles. The van der Waals surface area contributed by atoms with Crippen molar-refractivity contribution >= 4 is 22.7 Å². The van der Waals surface area contributed by atoms with Crippen molar-refractivity contribution in [3.05, 3.63) is 59.3 Å². The van der Waals surface area contributed by atoms with Crippen molar-refractivity contribution in [1.29, 1.82) is 0 Å². The first-order valence-electron chi connectivity index (χ1n) is 14.5. The van der Waals surface area contributed by atoms with Gasteiger partial charge in [-0.05, 0) is 55.5 Å². The number of para-hydroxylation sites is 1. The molecule has 0 saturated carbocycles. The predicted octanol–water partition coefficient (Wildman–Crippen LogP) is 5.20. The fraction of sp³-hybridized carbons (Fsp3) is 0.500. The number of nitrogens with one attached hydrogen (secondary N) is 1. The predicted molar refractivity (Wildman–Crippen MR) is 155 cm³/mol. The summed E-state index contributed by atoms with van der Waals surface area (Å²) < 4.78 is 17.3. The summed E-state index contributed by atoms with van der Waals surface area (Å²) in [7, 11) is 1.64. The summed E-state index contributed by atoms with van der Waals surface area (Å²) in [4.78, 5) is 34.9. The van der Waals surface area contributed by atoms with Gasteiger partial charge >= 0.3 is 0 Å². The Morgan fingerprint density at radius 3 is 2.58 bits per heavy atom. The Kier molecular flexibility index (Phi) is 8.35. The van der Waals surface area contributed by atoms with Gasteiger partial charge in [-0.25, -0.2) is 0 Å². The van der Waals surface area contributed by atoms with E-state index in [-0.39, 0.29) is 24.3 Å². The summed E-state index contributed by atoms with van der Waals surface area (Å²) >= 11 is 0. The molecule has 0 spiro atoms. The first-order valence-corrected chi connectivity index (χ1v) is 14.5. The summed E-state index contributed by atoms with van der Waals surface area (Å²) in [5, 5.41) is 1.07. The fourth-order valence-electron chi connectivity index (χ4n) is 6.09. The van der Waals surface area contributed by atoms with Gasteiger partial charge in [0, 0.05) is 43.1 Å². The lowest BCUT2D eigenvalue weighted by atomic mass is 9.76. The molecule has 2 aliphatic rings. The highest BCUT2D eigenvalue weighted by molar-refractivity contribution is 6.01. The monoisotopic (exact) mass is 547 g/mol. The Hall–Kier alpha value is -3.52. The zero-order valence-corrected chi connectivity index (χ0v) is 24.1. The number of amides is 2. The number of fused-ring (bicyclic) bond motifs is 5. The van der Waals surface area contributed by atoms with Crippen molar-refractivity contribution < 1.29 is 23.8 Å². The van der Waals surface area contributed by atoms with Gasteiger partial charge in [-0.15, -0.1) is 0 Å². The Bertz CT molecular complexity index is 1370. The van der Waals surface area contributed by atoms with Crippen LogP contribution < -0.4 is 9.47 Å². The van der Waals surface area contributed by atoms with Crippen molar-refractivity contribution in [2.45, 2.75) is 57.9 Å². The molecule has 1 fully saturated rings. The summed E-state index contributed by atoms with van der Waals surface area (Å²) in [5.41, 5.74) is 2.71. The highest BCUT2D eigenvalue weighted by Gasteiger charge is 2.56. The molecule has 8 heteroatoms. The lowest BCUT2D eigenvalue weighted by Crippen LogP contribution is -2.67. The van der Waals surface area contributed by atoms with Gasteiger partial charge in [0.15, 0.2) is 17.0 Å². The maximum absolute atomic E-state index is 14.2. The number of aromatic amines is 1. The van der Waals surface area contributed by atoms with Crippen LogP contribution in [0, 0.1) is 0 Å². The summed E-state index contributed by atoms with van der Waals surface area (Å²) in [6, 6.07) is 14.1. The van der Waals surface area contributed by atoms with E-state index >= 15 is 0 Å². The van der Waals surface area contributed by atoms with Crippen LogP contribution in [-0.4, -0.2) is 73.2 Å². The van der Waals surface area contributed by atoms with E-state index in [1.54, 1.807) is 16.9 Å². The van der Waals surface area contributed by atoms with Crippen LogP contribution in [0.15, 0.2) is 42.5 Å². The van der Waals surface area contributed by atoms with Gasteiger partial charge in [0.25, 0.3) is 5.91 Å². The Labute approximate surface area is 236 Å². The molecule has 0 radical (unpaired) electrons. The number of rotatable bonds is 12. The smallest absolute Gasteiger partial charge is 0.254 e. The molecule has 40 heavy (non-hydrogen) atoms. The topological polar surface area (TPSA) is 84.1 Å². The minimum Gasteiger partial charge on any atom is -0.493 e. The second-order valence-electron chi connectivity index (χ2n) is 10.9. The molecular weight excluding hydrogens is 506 g/mol. The SMILES string of the molecule is CCCCOCCCN1CC(=O)N2CC(c3ccc(OCCC)c(OC)c3)c3c([nH]c4ccccc34)C2(C)C1=O. The number of unbranched alkanes of at least 4 members (excludes halogenated alkanes) is 1. The van der Waals surface area contributed by atoms with E-state index in [0.717, 1.165) is 53.6 Å². The van der Waals surface area contributed by atoms with E-state index in [1.807, 2.05) is 43.3 Å². The second-order valence-corrected chi connectivity index (χ2v) is 10.9. The van der Waals surface area contributed by atoms with Gasteiger partial charge in [-0.1, -0.05) is 44.5 Å². The maximum atomic E-state index is 14.2. The normalized spacial score (nSPS) is 20.6. The van der Waals surface area contributed by atoms with Crippen LogP contribution >= 0.6 is 0 Å². The number of aromatic nitrogens is 1. The van der Waals surface area contributed by atoms with E-state index in [4.69, 9.17) is 14.2 Å². The van der Waals surface area contributed by atoms with E-state index in [0.29, 0.717) is 44.2 Å². The van der Waals surface area contributed by atoms with Crippen LogP contribution in [0.25, 0.3) is 10.9 Å². The van der Waals surface area contributed by atoms with Crippen LogP contribution in [0.2, 0.25) is 0 Å². The average Bonchev–Trinajstić information content (AvgIpc) is 3.37. The second kappa shape index (κ2) is 11.9. The van der Waals surface area contributed by atoms with Gasteiger partial charge in [0.2, 0.25) is 5.91 Å². The van der Waals surface area contributed by atoms with Crippen molar-refractivity contribution in [3.63, 3.8) is 0 Å². The molecule has 3 aromatic rings. The minimum absolute atomic E-state index is 0.0434. The third-order valence-corrected chi connectivity index (χ3v) is 8.23.